The molecule has 0 bridgehead atoms. The molecule has 1 aliphatic carbocycles. The summed E-state index contributed by atoms with van der Waals surface area (Å²) in [6.07, 6.45) is 7.84. The molecule has 32 heavy (non-hydrogen) atoms. The number of hydrogen-bond donors (Lipinski definition) is 1. The summed E-state index contributed by atoms with van der Waals surface area (Å²) < 4.78 is 16.9. The third-order valence-electron chi connectivity index (χ3n) is 6.05. The van der Waals surface area contributed by atoms with Crippen LogP contribution in [0.4, 0.5) is 0 Å². The van der Waals surface area contributed by atoms with Gasteiger partial charge in [0, 0.05) is 23.9 Å². The van der Waals surface area contributed by atoms with Crippen LogP contribution in [0.1, 0.15) is 24.0 Å². The Hall–Kier alpha value is -3.67. The standard InChI is InChI=1S/C26H27N3O3/c1-30-16-19-13-21(14-19)25-28-23(24-26(31-2)27-11-12-29(24)25)20-9-6-10-22(15-20)32-17-18-7-4-3-5-8-18/h3-12,15-16,21,25,28H,13-14,17H2,1-2H3. The van der Waals surface area contributed by atoms with Crippen LogP contribution >= 0.6 is 0 Å². The molecule has 0 saturated heterocycles. The van der Waals surface area contributed by atoms with Crippen LogP contribution in [0.15, 0.2) is 89.5 Å². The number of ether oxygens (including phenoxy) is 3. The fourth-order valence-corrected chi connectivity index (χ4v) is 4.47. The lowest BCUT2D eigenvalue weighted by Gasteiger charge is -2.39. The number of methoxy groups -OCH3 is 2. The number of nitrogens with zero attached hydrogens (tertiary/aromatic N) is 2. The Morgan fingerprint density at radius 3 is 2.72 bits per heavy atom. The first-order valence-corrected chi connectivity index (χ1v) is 10.8. The topological polar surface area (TPSA) is 55.3 Å². The fraction of sp³-hybridized carbons (Fsp3) is 0.269. The zero-order chi connectivity index (χ0) is 21.9. The van der Waals surface area contributed by atoms with E-state index < -0.39 is 0 Å². The maximum Gasteiger partial charge on any atom is 0.239 e. The summed E-state index contributed by atoms with van der Waals surface area (Å²) >= 11 is 0. The molecule has 0 spiro atoms. The molecule has 1 fully saturated rings. The monoisotopic (exact) mass is 429 g/mol. The van der Waals surface area contributed by atoms with Gasteiger partial charge in [-0.25, -0.2) is 4.99 Å². The van der Waals surface area contributed by atoms with Gasteiger partial charge in [-0.3, -0.25) is 0 Å². The van der Waals surface area contributed by atoms with E-state index >= 15 is 0 Å². The Labute approximate surface area is 188 Å². The van der Waals surface area contributed by atoms with Gasteiger partial charge in [-0.05, 0) is 36.1 Å². The van der Waals surface area contributed by atoms with Crippen molar-refractivity contribution in [3.8, 4) is 5.75 Å². The summed E-state index contributed by atoms with van der Waals surface area (Å²) in [7, 11) is 3.36. The summed E-state index contributed by atoms with van der Waals surface area (Å²) in [6.45, 7) is 0.530. The van der Waals surface area contributed by atoms with E-state index in [0.29, 0.717) is 18.4 Å². The van der Waals surface area contributed by atoms with Crippen molar-refractivity contribution >= 4 is 11.6 Å². The second-order valence-electron chi connectivity index (χ2n) is 8.14. The van der Waals surface area contributed by atoms with E-state index in [9.17, 15) is 0 Å². The van der Waals surface area contributed by atoms with Crippen LogP contribution in [0, 0.1) is 5.92 Å². The molecule has 1 saturated carbocycles. The molecule has 0 radical (unpaired) electrons. The van der Waals surface area contributed by atoms with Gasteiger partial charge in [0.15, 0.2) is 0 Å². The van der Waals surface area contributed by atoms with Crippen molar-refractivity contribution in [3.63, 3.8) is 0 Å². The van der Waals surface area contributed by atoms with Gasteiger partial charge in [-0.15, -0.1) is 0 Å². The van der Waals surface area contributed by atoms with Crippen LogP contribution in [0.2, 0.25) is 0 Å². The first-order valence-electron chi connectivity index (χ1n) is 10.8. The molecule has 6 nitrogen and oxygen atoms in total. The molecule has 3 aliphatic rings. The number of benzene rings is 2. The summed E-state index contributed by atoms with van der Waals surface area (Å²) in [4.78, 5) is 6.70. The fourth-order valence-electron chi connectivity index (χ4n) is 4.47. The van der Waals surface area contributed by atoms with Gasteiger partial charge < -0.3 is 24.4 Å². The van der Waals surface area contributed by atoms with Gasteiger partial charge in [0.2, 0.25) is 5.90 Å². The van der Waals surface area contributed by atoms with Gasteiger partial charge >= 0.3 is 0 Å². The van der Waals surface area contributed by atoms with E-state index in [2.05, 4.69) is 39.5 Å². The minimum absolute atomic E-state index is 0.139. The Kier molecular flexibility index (Phi) is 5.58. The zero-order valence-corrected chi connectivity index (χ0v) is 18.3. The molecule has 0 amide bonds. The molecule has 1 unspecified atom stereocenters. The molecule has 6 heteroatoms. The van der Waals surface area contributed by atoms with Crippen LogP contribution in [0.25, 0.3) is 5.70 Å². The van der Waals surface area contributed by atoms with Crippen molar-refractivity contribution in [1.29, 1.82) is 0 Å². The minimum atomic E-state index is 0.139. The van der Waals surface area contributed by atoms with E-state index in [-0.39, 0.29) is 6.17 Å². The molecule has 2 aliphatic heterocycles. The van der Waals surface area contributed by atoms with Gasteiger partial charge in [0.1, 0.15) is 24.2 Å². The third kappa shape index (κ3) is 3.84. The maximum atomic E-state index is 6.07. The van der Waals surface area contributed by atoms with Gasteiger partial charge in [-0.2, -0.15) is 0 Å². The molecule has 1 N–H and O–H groups in total. The smallest absolute Gasteiger partial charge is 0.239 e. The summed E-state index contributed by atoms with van der Waals surface area (Å²) in [5.41, 5.74) is 5.50. The number of nitrogens with one attached hydrogen (secondary N) is 1. The van der Waals surface area contributed by atoms with Crippen LogP contribution in [0.3, 0.4) is 0 Å². The largest absolute Gasteiger partial charge is 0.504 e. The van der Waals surface area contributed by atoms with Gasteiger partial charge in [0.25, 0.3) is 0 Å². The predicted molar refractivity (Wildman–Crippen MR) is 124 cm³/mol. The highest BCUT2D eigenvalue weighted by atomic mass is 16.5. The van der Waals surface area contributed by atoms with Crippen LogP contribution in [0.5, 0.6) is 5.75 Å². The number of aliphatic imine (C=N–C) groups is 1. The molecular formula is C26H27N3O3. The molecule has 164 valence electrons. The van der Waals surface area contributed by atoms with Crippen molar-refractivity contribution in [3.05, 3.63) is 95.7 Å². The van der Waals surface area contributed by atoms with E-state index in [1.54, 1.807) is 20.4 Å². The second-order valence-corrected chi connectivity index (χ2v) is 8.14. The summed E-state index contributed by atoms with van der Waals surface area (Å²) in [5.74, 6) is 1.91. The van der Waals surface area contributed by atoms with Gasteiger partial charge in [-0.1, -0.05) is 42.5 Å². The van der Waals surface area contributed by atoms with Crippen molar-refractivity contribution in [1.82, 2.24) is 10.2 Å². The number of allylic oxidation sites excluding steroid dienone is 1. The molecule has 5 rings (SSSR count). The van der Waals surface area contributed by atoms with Gasteiger partial charge in [0.05, 0.1) is 26.2 Å². The van der Waals surface area contributed by atoms with E-state index in [1.165, 1.54) is 5.57 Å². The third-order valence-corrected chi connectivity index (χ3v) is 6.05. The first kappa shape index (κ1) is 20.2. The number of hydrogen-bond acceptors (Lipinski definition) is 6. The lowest BCUT2D eigenvalue weighted by atomic mass is 9.78. The minimum Gasteiger partial charge on any atom is -0.504 e. The molecule has 2 aromatic carbocycles. The SMILES string of the molecule is COC=C1CC(C2NC(c3cccc(OCc4ccccc4)c3)=C3C(OC)=NC=CN32)C1. The average molecular weight is 430 g/mol. The van der Waals surface area contributed by atoms with Crippen LogP contribution in [-0.2, 0) is 16.1 Å². The Morgan fingerprint density at radius 2 is 1.94 bits per heavy atom. The Bertz CT molecular complexity index is 1100. The van der Waals surface area contributed by atoms with E-state index in [0.717, 1.165) is 41.1 Å². The first-order chi connectivity index (χ1) is 15.8. The lowest BCUT2D eigenvalue weighted by Crippen LogP contribution is -2.45. The average Bonchev–Trinajstić information content (AvgIpc) is 3.20. The molecule has 0 aromatic heterocycles. The zero-order valence-electron chi connectivity index (χ0n) is 18.3. The number of rotatable bonds is 6. The second kappa shape index (κ2) is 8.83. The van der Waals surface area contributed by atoms with Crippen molar-refractivity contribution in [2.75, 3.05) is 14.2 Å². The highest BCUT2D eigenvalue weighted by Crippen LogP contribution is 2.43. The van der Waals surface area contributed by atoms with E-state index in [1.807, 2.05) is 42.8 Å². The van der Waals surface area contributed by atoms with Crippen LogP contribution < -0.4 is 10.1 Å². The molecule has 1 atom stereocenters. The summed E-state index contributed by atoms with van der Waals surface area (Å²) in [5, 5.41) is 3.75. The predicted octanol–water partition coefficient (Wildman–Crippen LogP) is 4.64. The maximum absolute atomic E-state index is 6.07. The van der Waals surface area contributed by atoms with Crippen LogP contribution in [-0.4, -0.2) is 31.2 Å². The normalized spacial score (nSPS) is 21.4. The highest BCUT2D eigenvalue weighted by molar-refractivity contribution is 6.02. The summed E-state index contributed by atoms with van der Waals surface area (Å²) in [6, 6.07) is 18.4. The van der Waals surface area contributed by atoms with Crippen molar-refractivity contribution < 1.29 is 14.2 Å². The van der Waals surface area contributed by atoms with Crippen molar-refractivity contribution in [2.45, 2.75) is 25.6 Å². The van der Waals surface area contributed by atoms with Crippen molar-refractivity contribution in [2.24, 2.45) is 10.9 Å². The highest BCUT2D eigenvalue weighted by Gasteiger charge is 2.43. The molecule has 2 aromatic rings. The Balaban J connectivity index is 1.40. The van der Waals surface area contributed by atoms with E-state index in [4.69, 9.17) is 14.2 Å². The Morgan fingerprint density at radius 1 is 1.09 bits per heavy atom. The quantitative estimate of drug-likeness (QED) is 0.679. The molecular weight excluding hydrogens is 402 g/mol. The number of fused-ring (bicyclic) bond motifs is 1. The lowest BCUT2D eigenvalue weighted by molar-refractivity contribution is 0.195. The molecule has 2 heterocycles.